The number of thiophene rings is 1. The molecule has 0 aromatic carbocycles. The normalized spacial score (nSPS) is 21.5. The first-order chi connectivity index (χ1) is 10.3. The van der Waals surface area contributed by atoms with E-state index < -0.39 is 24.7 Å². The lowest BCUT2D eigenvalue weighted by Gasteiger charge is -2.35. The molecule has 22 heavy (non-hydrogen) atoms. The second-order valence-corrected chi connectivity index (χ2v) is 6.40. The third-order valence-corrected chi connectivity index (χ3v) is 4.30. The number of alkyl halides is 3. The highest BCUT2D eigenvalue weighted by Gasteiger charge is 2.38. The van der Waals surface area contributed by atoms with E-state index in [0.717, 1.165) is 9.78 Å². The first-order valence-corrected chi connectivity index (χ1v) is 7.94. The lowest BCUT2D eigenvalue weighted by Crippen LogP contribution is -2.57. The standard InChI is InChI=1S/C14H19F3N2O2S/c1-10(7-11-3-2-6-22-11)18-13(20)12-8-21-5-4-19(12)9-14(15,16)17/h2-3,6,10,12H,4-5,7-9H2,1H3,(H,18,20)/t10-,12-/m1/s1. The molecule has 8 heteroatoms. The Morgan fingerprint density at radius 2 is 2.36 bits per heavy atom. The molecule has 2 rings (SSSR count). The fourth-order valence-electron chi connectivity index (χ4n) is 2.42. The van der Waals surface area contributed by atoms with Crippen LogP contribution in [-0.2, 0) is 16.0 Å². The van der Waals surface area contributed by atoms with Gasteiger partial charge in [0.25, 0.3) is 0 Å². The van der Waals surface area contributed by atoms with Gasteiger partial charge in [-0.3, -0.25) is 9.69 Å². The van der Waals surface area contributed by atoms with Crippen LogP contribution in [-0.4, -0.2) is 55.4 Å². The van der Waals surface area contributed by atoms with Crippen LogP contribution in [0.5, 0.6) is 0 Å². The third-order valence-electron chi connectivity index (χ3n) is 3.40. The minimum atomic E-state index is -4.32. The SMILES string of the molecule is C[C@H](Cc1cccs1)NC(=O)[C@H]1COCCN1CC(F)(F)F. The van der Waals surface area contributed by atoms with E-state index in [1.165, 1.54) is 0 Å². The Morgan fingerprint density at radius 1 is 1.59 bits per heavy atom. The second kappa shape index (κ2) is 7.43. The average molecular weight is 336 g/mol. The van der Waals surface area contributed by atoms with E-state index in [9.17, 15) is 18.0 Å². The van der Waals surface area contributed by atoms with Crippen molar-refractivity contribution in [2.75, 3.05) is 26.3 Å². The number of rotatable bonds is 5. The highest BCUT2D eigenvalue weighted by molar-refractivity contribution is 7.09. The van der Waals surface area contributed by atoms with Crippen molar-refractivity contribution in [3.05, 3.63) is 22.4 Å². The van der Waals surface area contributed by atoms with Crippen molar-refractivity contribution in [1.29, 1.82) is 0 Å². The fourth-order valence-corrected chi connectivity index (χ4v) is 3.25. The number of nitrogens with one attached hydrogen (secondary N) is 1. The van der Waals surface area contributed by atoms with Gasteiger partial charge in [0, 0.05) is 23.9 Å². The minimum absolute atomic E-state index is 0.00631. The highest BCUT2D eigenvalue weighted by atomic mass is 32.1. The summed E-state index contributed by atoms with van der Waals surface area (Å²) in [5, 5.41) is 4.73. The molecule has 124 valence electrons. The van der Waals surface area contributed by atoms with Gasteiger partial charge in [-0.2, -0.15) is 13.2 Å². The molecule has 1 aliphatic heterocycles. The van der Waals surface area contributed by atoms with Gasteiger partial charge in [-0.15, -0.1) is 11.3 Å². The Bertz CT molecular complexity index is 479. The lowest BCUT2D eigenvalue weighted by atomic mass is 10.1. The highest BCUT2D eigenvalue weighted by Crippen LogP contribution is 2.20. The summed E-state index contributed by atoms with van der Waals surface area (Å²) >= 11 is 1.59. The first-order valence-electron chi connectivity index (χ1n) is 7.06. The number of carbonyl (C=O) groups excluding carboxylic acids is 1. The Kier molecular flexibility index (Phi) is 5.82. The summed E-state index contributed by atoms with van der Waals surface area (Å²) in [7, 11) is 0. The van der Waals surface area contributed by atoms with E-state index in [1.807, 2.05) is 24.4 Å². The third kappa shape index (κ3) is 5.26. The lowest BCUT2D eigenvalue weighted by molar-refractivity contribution is -0.167. The topological polar surface area (TPSA) is 41.6 Å². The molecule has 0 unspecified atom stereocenters. The van der Waals surface area contributed by atoms with Crippen LogP contribution in [0.3, 0.4) is 0 Å². The molecule has 1 aromatic rings. The van der Waals surface area contributed by atoms with Crippen molar-refractivity contribution < 1.29 is 22.7 Å². The summed E-state index contributed by atoms with van der Waals surface area (Å²) in [5.41, 5.74) is 0. The van der Waals surface area contributed by atoms with E-state index in [0.29, 0.717) is 6.42 Å². The quantitative estimate of drug-likeness (QED) is 0.895. The zero-order valence-corrected chi connectivity index (χ0v) is 13.0. The van der Waals surface area contributed by atoms with E-state index >= 15 is 0 Å². The van der Waals surface area contributed by atoms with Gasteiger partial charge in [0.05, 0.1) is 19.8 Å². The molecule has 0 spiro atoms. The molecule has 1 aliphatic rings. The number of carbonyl (C=O) groups is 1. The molecule has 1 N–H and O–H groups in total. The Balaban J connectivity index is 1.90. The van der Waals surface area contributed by atoms with Gasteiger partial charge in [-0.1, -0.05) is 6.07 Å². The summed E-state index contributed by atoms with van der Waals surface area (Å²) < 4.78 is 42.9. The van der Waals surface area contributed by atoms with Gasteiger partial charge >= 0.3 is 6.18 Å². The smallest absolute Gasteiger partial charge is 0.378 e. The number of amides is 1. The number of morpholine rings is 1. The predicted octanol–water partition coefficient (Wildman–Crippen LogP) is 2.06. The zero-order chi connectivity index (χ0) is 16.2. The van der Waals surface area contributed by atoms with E-state index in [1.54, 1.807) is 11.3 Å². The molecule has 1 saturated heterocycles. The van der Waals surface area contributed by atoms with Crippen molar-refractivity contribution in [1.82, 2.24) is 10.2 Å². The molecule has 0 saturated carbocycles. The Labute approximate surface area is 131 Å². The van der Waals surface area contributed by atoms with Crippen LogP contribution >= 0.6 is 11.3 Å². The van der Waals surface area contributed by atoms with Gasteiger partial charge in [0.2, 0.25) is 5.91 Å². The molecule has 0 aliphatic carbocycles. The minimum Gasteiger partial charge on any atom is -0.378 e. The zero-order valence-electron chi connectivity index (χ0n) is 12.2. The van der Waals surface area contributed by atoms with Crippen LogP contribution in [0.15, 0.2) is 17.5 Å². The van der Waals surface area contributed by atoms with Crippen LogP contribution in [0.4, 0.5) is 13.2 Å². The molecule has 1 aromatic heterocycles. The molecule has 2 heterocycles. The maximum atomic E-state index is 12.6. The van der Waals surface area contributed by atoms with E-state index in [2.05, 4.69) is 5.32 Å². The monoisotopic (exact) mass is 336 g/mol. The maximum absolute atomic E-state index is 12.6. The largest absolute Gasteiger partial charge is 0.401 e. The van der Waals surface area contributed by atoms with E-state index in [-0.39, 0.29) is 25.8 Å². The summed E-state index contributed by atoms with van der Waals surface area (Å²) in [6, 6.07) is 2.86. The first kappa shape index (κ1) is 17.2. The second-order valence-electron chi connectivity index (χ2n) is 5.37. The Hall–Kier alpha value is -1.12. The van der Waals surface area contributed by atoms with Crippen LogP contribution in [0.1, 0.15) is 11.8 Å². The summed E-state index contributed by atoms with van der Waals surface area (Å²) in [6.45, 7) is 1.07. The maximum Gasteiger partial charge on any atom is 0.401 e. The van der Waals surface area contributed by atoms with Crippen LogP contribution in [0, 0.1) is 0 Å². The van der Waals surface area contributed by atoms with Gasteiger partial charge in [-0.25, -0.2) is 0 Å². The molecule has 1 fully saturated rings. The molecule has 1 amide bonds. The van der Waals surface area contributed by atoms with Crippen molar-refractivity contribution >= 4 is 17.2 Å². The molecule has 0 bridgehead atoms. The number of hydrogen-bond acceptors (Lipinski definition) is 4. The molecular formula is C14H19F3N2O2S. The molecular weight excluding hydrogens is 317 g/mol. The van der Waals surface area contributed by atoms with Gasteiger partial charge in [0.1, 0.15) is 6.04 Å². The van der Waals surface area contributed by atoms with E-state index in [4.69, 9.17) is 4.74 Å². The molecule has 0 radical (unpaired) electrons. The predicted molar refractivity (Wildman–Crippen MR) is 77.9 cm³/mol. The van der Waals surface area contributed by atoms with Crippen molar-refractivity contribution in [3.8, 4) is 0 Å². The summed E-state index contributed by atoms with van der Waals surface area (Å²) in [4.78, 5) is 14.5. The fraction of sp³-hybridized carbons (Fsp3) is 0.643. The van der Waals surface area contributed by atoms with Crippen LogP contribution in [0.25, 0.3) is 0 Å². The van der Waals surface area contributed by atoms with Crippen molar-refractivity contribution in [2.45, 2.75) is 31.6 Å². The Morgan fingerprint density at radius 3 is 3.00 bits per heavy atom. The van der Waals surface area contributed by atoms with Gasteiger partial charge < -0.3 is 10.1 Å². The van der Waals surface area contributed by atoms with Crippen molar-refractivity contribution in [2.24, 2.45) is 0 Å². The number of nitrogens with zero attached hydrogens (tertiary/aromatic N) is 1. The van der Waals surface area contributed by atoms with Gasteiger partial charge in [-0.05, 0) is 18.4 Å². The average Bonchev–Trinajstić information content (AvgIpc) is 2.90. The van der Waals surface area contributed by atoms with Gasteiger partial charge in [0.15, 0.2) is 0 Å². The summed E-state index contributed by atoms with van der Waals surface area (Å²) in [6.07, 6.45) is -3.66. The number of ether oxygens (including phenoxy) is 1. The van der Waals surface area contributed by atoms with Crippen LogP contribution in [0.2, 0.25) is 0 Å². The van der Waals surface area contributed by atoms with Crippen molar-refractivity contribution in [3.63, 3.8) is 0 Å². The number of halogens is 3. The molecule has 4 nitrogen and oxygen atoms in total. The van der Waals surface area contributed by atoms with Crippen LogP contribution < -0.4 is 5.32 Å². The molecule has 2 atom stereocenters. The number of hydrogen-bond donors (Lipinski definition) is 1. The summed E-state index contributed by atoms with van der Waals surface area (Å²) in [5.74, 6) is -0.409.